The summed E-state index contributed by atoms with van der Waals surface area (Å²) in [5.41, 5.74) is 9.43. The van der Waals surface area contributed by atoms with E-state index < -0.39 is 0 Å². The molecule has 10 aromatic rings. The van der Waals surface area contributed by atoms with E-state index in [-0.39, 0.29) is 0 Å². The van der Waals surface area contributed by atoms with Crippen molar-refractivity contribution >= 4 is 43.1 Å². The highest BCUT2D eigenvalue weighted by molar-refractivity contribution is 6.25. The smallest absolute Gasteiger partial charge is 0.160 e. The number of aromatic nitrogens is 2. The largest absolute Gasteiger partial charge is 0.456 e. The van der Waals surface area contributed by atoms with Crippen LogP contribution in [0.4, 0.5) is 0 Å². The Hall–Kier alpha value is -7.10. The molecular weight excluding hydrogens is 645 g/mol. The van der Waals surface area contributed by atoms with Crippen molar-refractivity contribution in [3.05, 3.63) is 182 Å². The van der Waals surface area contributed by atoms with Gasteiger partial charge in [0.05, 0.1) is 11.4 Å². The molecule has 0 fully saturated rings. The molecule has 3 nitrogen and oxygen atoms in total. The maximum Gasteiger partial charge on any atom is 0.160 e. The van der Waals surface area contributed by atoms with E-state index >= 15 is 0 Å². The predicted octanol–water partition coefficient (Wildman–Crippen LogP) is 13.5. The van der Waals surface area contributed by atoms with E-state index in [1.165, 1.54) is 43.3 Å². The van der Waals surface area contributed by atoms with Crippen LogP contribution in [-0.2, 0) is 0 Å². The SMILES string of the molecule is c1ccc(-c2nc(-c3ccc(-c4ccc5c(c4)-c4cccc6cccc(c46)O5)cc3)cc(-c3ccc4c5ccccc5c5ccccc5c4c3)n2)cc1. The highest BCUT2D eigenvalue weighted by atomic mass is 16.5. The van der Waals surface area contributed by atoms with Gasteiger partial charge in [-0.15, -0.1) is 0 Å². The second-order valence-electron chi connectivity index (χ2n) is 13.7. The lowest BCUT2D eigenvalue weighted by Crippen LogP contribution is -1.97. The van der Waals surface area contributed by atoms with E-state index in [2.05, 4.69) is 158 Å². The van der Waals surface area contributed by atoms with Crippen molar-refractivity contribution in [1.29, 1.82) is 0 Å². The van der Waals surface area contributed by atoms with Crippen molar-refractivity contribution in [2.45, 2.75) is 0 Å². The summed E-state index contributed by atoms with van der Waals surface area (Å²) in [4.78, 5) is 10.3. The predicted molar refractivity (Wildman–Crippen MR) is 219 cm³/mol. The average Bonchev–Trinajstić information content (AvgIpc) is 3.24. The van der Waals surface area contributed by atoms with Gasteiger partial charge in [-0.05, 0) is 84.7 Å². The zero-order valence-corrected chi connectivity index (χ0v) is 28.6. The van der Waals surface area contributed by atoms with E-state index in [0.29, 0.717) is 5.82 Å². The number of benzene rings is 9. The maximum atomic E-state index is 6.36. The molecule has 0 aliphatic carbocycles. The van der Waals surface area contributed by atoms with Crippen LogP contribution >= 0.6 is 0 Å². The van der Waals surface area contributed by atoms with Crippen molar-refractivity contribution in [2.24, 2.45) is 0 Å². The minimum Gasteiger partial charge on any atom is -0.456 e. The molecule has 2 heterocycles. The highest BCUT2D eigenvalue weighted by Gasteiger charge is 2.20. The van der Waals surface area contributed by atoms with Crippen LogP contribution < -0.4 is 4.74 Å². The summed E-state index contributed by atoms with van der Waals surface area (Å²) in [7, 11) is 0. The molecule has 0 bridgehead atoms. The zero-order chi connectivity index (χ0) is 34.9. The van der Waals surface area contributed by atoms with Crippen molar-refractivity contribution in [3.63, 3.8) is 0 Å². The molecule has 0 atom stereocenters. The lowest BCUT2D eigenvalue weighted by Gasteiger charge is -2.22. The van der Waals surface area contributed by atoms with Crippen molar-refractivity contribution < 1.29 is 4.74 Å². The van der Waals surface area contributed by atoms with Crippen LogP contribution in [-0.4, -0.2) is 9.97 Å². The average molecular weight is 675 g/mol. The van der Waals surface area contributed by atoms with E-state index in [9.17, 15) is 0 Å². The van der Waals surface area contributed by atoms with Crippen LogP contribution in [0.5, 0.6) is 11.5 Å². The summed E-state index contributed by atoms with van der Waals surface area (Å²) >= 11 is 0. The number of hydrogen-bond acceptors (Lipinski definition) is 3. The summed E-state index contributed by atoms with van der Waals surface area (Å²) < 4.78 is 6.36. The normalized spacial score (nSPS) is 11.9. The van der Waals surface area contributed by atoms with E-state index in [0.717, 1.165) is 61.7 Å². The van der Waals surface area contributed by atoms with Gasteiger partial charge in [-0.1, -0.05) is 152 Å². The van der Waals surface area contributed by atoms with Gasteiger partial charge in [0, 0.05) is 27.6 Å². The van der Waals surface area contributed by atoms with Crippen LogP contribution in [0.3, 0.4) is 0 Å². The number of rotatable bonds is 4. The monoisotopic (exact) mass is 674 g/mol. The molecule has 11 rings (SSSR count). The zero-order valence-electron chi connectivity index (χ0n) is 28.6. The summed E-state index contributed by atoms with van der Waals surface area (Å²) in [6.07, 6.45) is 0. The van der Waals surface area contributed by atoms with Gasteiger partial charge in [0.25, 0.3) is 0 Å². The minimum absolute atomic E-state index is 0.704. The third-order valence-corrected chi connectivity index (χ3v) is 10.7. The highest BCUT2D eigenvalue weighted by Crippen LogP contribution is 2.47. The molecule has 0 saturated heterocycles. The molecule has 0 unspecified atom stereocenters. The third kappa shape index (κ3) is 4.82. The molecule has 3 heteroatoms. The van der Waals surface area contributed by atoms with Crippen LogP contribution in [0.25, 0.3) is 99.2 Å². The first kappa shape index (κ1) is 29.6. The van der Waals surface area contributed by atoms with Gasteiger partial charge in [0.1, 0.15) is 11.5 Å². The maximum absolute atomic E-state index is 6.36. The number of nitrogens with zero attached hydrogens (tertiary/aromatic N) is 2. The van der Waals surface area contributed by atoms with Crippen LogP contribution in [0.15, 0.2) is 182 Å². The molecule has 246 valence electrons. The third-order valence-electron chi connectivity index (χ3n) is 10.7. The van der Waals surface area contributed by atoms with Gasteiger partial charge in [0.2, 0.25) is 0 Å². The second-order valence-corrected chi connectivity index (χ2v) is 13.7. The standard InChI is InChI=1S/C50H30N2O/c1-2-10-34(11-3-1)50-51-45(30-46(52-50)36-24-26-41-39-16-5-4-14-37(39)38-15-6-7-17-40(38)43(41)29-36)32-22-20-31(21-23-32)35-25-27-47-44(28-35)42-18-8-12-33-13-9-19-48(53-47)49(33)42/h1-30H. The van der Waals surface area contributed by atoms with Gasteiger partial charge < -0.3 is 4.74 Å². The minimum atomic E-state index is 0.704. The lowest BCUT2D eigenvalue weighted by atomic mass is 9.92. The van der Waals surface area contributed by atoms with E-state index in [1.807, 2.05) is 24.3 Å². The Morgan fingerprint density at radius 2 is 0.906 bits per heavy atom. The molecule has 9 aromatic carbocycles. The molecule has 0 saturated carbocycles. The van der Waals surface area contributed by atoms with E-state index in [1.54, 1.807) is 0 Å². The first-order valence-corrected chi connectivity index (χ1v) is 18.0. The Labute approximate surface area is 306 Å². The van der Waals surface area contributed by atoms with Crippen molar-refractivity contribution in [2.75, 3.05) is 0 Å². The van der Waals surface area contributed by atoms with E-state index in [4.69, 9.17) is 14.7 Å². The Kier molecular flexibility index (Phi) is 6.55. The Balaban J connectivity index is 1.02. The first-order chi connectivity index (χ1) is 26.2. The molecule has 0 N–H and O–H groups in total. The molecule has 53 heavy (non-hydrogen) atoms. The fraction of sp³-hybridized carbons (Fsp3) is 0. The molecule has 0 spiro atoms. The Morgan fingerprint density at radius 3 is 1.64 bits per heavy atom. The first-order valence-electron chi connectivity index (χ1n) is 18.0. The van der Waals surface area contributed by atoms with Crippen molar-refractivity contribution in [1.82, 2.24) is 9.97 Å². The molecule has 1 aromatic heterocycles. The van der Waals surface area contributed by atoms with Gasteiger partial charge >= 0.3 is 0 Å². The number of ether oxygens (including phenoxy) is 1. The summed E-state index contributed by atoms with van der Waals surface area (Å²) in [5, 5.41) is 9.84. The fourth-order valence-electron chi connectivity index (χ4n) is 8.10. The van der Waals surface area contributed by atoms with Gasteiger partial charge in [-0.25, -0.2) is 9.97 Å². The number of fused-ring (bicyclic) bond motifs is 8. The Bertz CT molecular complexity index is 3040. The molecule has 1 aliphatic rings. The molecule has 1 aliphatic heterocycles. The van der Waals surface area contributed by atoms with Crippen LogP contribution in [0.2, 0.25) is 0 Å². The Morgan fingerprint density at radius 1 is 0.321 bits per heavy atom. The molecule has 0 amide bonds. The quantitative estimate of drug-likeness (QED) is 0.174. The molecular formula is C50H30N2O. The number of hydrogen-bond donors (Lipinski definition) is 0. The second kappa shape index (κ2) is 11.7. The summed E-state index contributed by atoms with van der Waals surface area (Å²) in [6, 6.07) is 64.4. The fourth-order valence-corrected chi connectivity index (χ4v) is 8.10. The van der Waals surface area contributed by atoms with Gasteiger partial charge in [-0.3, -0.25) is 0 Å². The van der Waals surface area contributed by atoms with Crippen LogP contribution in [0.1, 0.15) is 0 Å². The lowest BCUT2D eigenvalue weighted by molar-refractivity contribution is 0.487. The van der Waals surface area contributed by atoms with Crippen LogP contribution in [0, 0.1) is 0 Å². The van der Waals surface area contributed by atoms with Gasteiger partial charge in [-0.2, -0.15) is 0 Å². The molecule has 0 radical (unpaired) electrons. The summed E-state index contributed by atoms with van der Waals surface area (Å²) in [5.74, 6) is 2.50. The topological polar surface area (TPSA) is 35.0 Å². The summed E-state index contributed by atoms with van der Waals surface area (Å²) in [6.45, 7) is 0. The van der Waals surface area contributed by atoms with Crippen molar-refractivity contribution in [3.8, 4) is 67.7 Å². The van der Waals surface area contributed by atoms with Gasteiger partial charge in [0.15, 0.2) is 5.82 Å².